The molecule has 1 heterocycles. The van der Waals surface area contributed by atoms with E-state index in [9.17, 15) is 5.11 Å². The van der Waals surface area contributed by atoms with Crippen LogP contribution in [0.3, 0.4) is 0 Å². The SMILES string of the molecule is CC(C)[C@@H](O)CC[C@@H](C)CC1OCCO1. The Labute approximate surface area is 92.8 Å². The number of aliphatic hydroxyl groups is 1. The van der Waals surface area contributed by atoms with Gasteiger partial charge in [-0.1, -0.05) is 20.8 Å². The predicted octanol–water partition coefficient (Wildman–Crippen LogP) is 2.18. The van der Waals surface area contributed by atoms with Crippen molar-refractivity contribution in [1.82, 2.24) is 0 Å². The molecule has 0 aliphatic carbocycles. The van der Waals surface area contributed by atoms with E-state index >= 15 is 0 Å². The molecule has 0 unspecified atom stereocenters. The average Bonchev–Trinajstić information content (AvgIpc) is 2.66. The summed E-state index contributed by atoms with van der Waals surface area (Å²) in [6.07, 6.45) is 2.70. The first kappa shape index (κ1) is 12.9. The average molecular weight is 216 g/mol. The fourth-order valence-electron chi connectivity index (χ4n) is 1.78. The zero-order valence-corrected chi connectivity index (χ0v) is 10.1. The summed E-state index contributed by atoms with van der Waals surface area (Å²) in [7, 11) is 0. The first-order valence-corrected chi connectivity index (χ1v) is 6.01. The van der Waals surface area contributed by atoms with Crippen molar-refractivity contribution in [3.8, 4) is 0 Å². The van der Waals surface area contributed by atoms with Crippen LogP contribution in [0, 0.1) is 11.8 Å². The lowest BCUT2D eigenvalue weighted by Gasteiger charge is -2.19. The third kappa shape index (κ3) is 4.96. The van der Waals surface area contributed by atoms with E-state index in [0.29, 0.717) is 11.8 Å². The molecule has 3 heteroatoms. The van der Waals surface area contributed by atoms with E-state index in [2.05, 4.69) is 20.8 Å². The molecule has 90 valence electrons. The Hall–Kier alpha value is -0.120. The van der Waals surface area contributed by atoms with E-state index in [0.717, 1.165) is 32.5 Å². The van der Waals surface area contributed by atoms with E-state index in [1.807, 2.05) is 0 Å². The van der Waals surface area contributed by atoms with Crippen molar-refractivity contribution >= 4 is 0 Å². The van der Waals surface area contributed by atoms with E-state index in [1.165, 1.54) is 0 Å². The molecular weight excluding hydrogens is 192 g/mol. The van der Waals surface area contributed by atoms with Crippen molar-refractivity contribution in [2.24, 2.45) is 11.8 Å². The summed E-state index contributed by atoms with van der Waals surface area (Å²) in [4.78, 5) is 0. The van der Waals surface area contributed by atoms with Crippen LogP contribution < -0.4 is 0 Å². The maximum atomic E-state index is 9.67. The highest BCUT2D eigenvalue weighted by molar-refractivity contribution is 4.65. The molecule has 0 radical (unpaired) electrons. The van der Waals surface area contributed by atoms with Gasteiger partial charge in [-0.25, -0.2) is 0 Å². The molecule has 0 amide bonds. The molecule has 1 N–H and O–H groups in total. The Morgan fingerprint density at radius 3 is 2.27 bits per heavy atom. The third-order valence-electron chi connectivity index (χ3n) is 3.01. The first-order valence-electron chi connectivity index (χ1n) is 6.01. The lowest BCUT2D eigenvalue weighted by Crippen LogP contribution is -2.18. The van der Waals surface area contributed by atoms with Crippen molar-refractivity contribution in [1.29, 1.82) is 0 Å². The minimum atomic E-state index is -0.169. The molecule has 1 saturated heterocycles. The first-order chi connectivity index (χ1) is 7.09. The molecule has 2 atom stereocenters. The van der Waals surface area contributed by atoms with Crippen LogP contribution in [0.2, 0.25) is 0 Å². The Morgan fingerprint density at radius 1 is 1.13 bits per heavy atom. The zero-order chi connectivity index (χ0) is 11.3. The van der Waals surface area contributed by atoms with Crippen LogP contribution in [0.25, 0.3) is 0 Å². The fraction of sp³-hybridized carbons (Fsp3) is 1.00. The van der Waals surface area contributed by atoms with Crippen molar-refractivity contribution < 1.29 is 14.6 Å². The zero-order valence-electron chi connectivity index (χ0n) is 10.1. The van der Waals surface area contributed by atoms with Crippen LogP contribution in [-0.4, -0.2) is 30.7 Å². The molecule has 15 heavy (non-hydrogen) atoms. The normalized spacial score (nSPS) is 22.2. The highest BCUT2D eigenvalue weighted by Crippen LogP contribution is 2.20. The van der Waals surface area contributed by atoms with Gasteiger partial charge in [-0.2, -0.15) is 0 Å². The molecule has 1 fully saturated rings. The molecule has 1 rings (SSSR count). The van der Waals surface area contributed by atoms with Gasteiger partial charge in [0, 0.05) is 6.42 Å². The van der Waals surface area contributed by atoms with Crippen molar-refractivity contribution in [3.63, 3.8) is 0 Å². The lowest BCUT2D eigenvalue weighted by atomic mass is 9.95. The summed E-state index contributed by atoms with van der Waals surface area (Å²) in [6.45, 7) is 7.76. The predicted molar refractivity (Wildman–Crippen MR) is 59.6 cm³/mol. The fourth-order valence-corrected chi connectivity index (χ4v) is 1.78. The monoisotopic (exact) mass is 216 g/mol. The Balaban J connectivity index is 2.09. The summed E-state index contributed by atoms with van der Waals surface area (Å²) < 4.78 is 10.8. The highest BCUT2D eigenvalue weighted by Gasteiger charge is 2.19. The van der Waals surface area contributed by atoms with Crippen LogP contribution in [0.1, 0.15) is 40.0 Å². The largest absolute Gasteiger partial charge is 0.393 e. The molecule has 0 aromatic heterocycles. The standard InChI is InChI=1S/C12H24O3/c1-9(2)11(13)5-4-10(3)8-12-14-6-7-15-12/h9-13H,4-8H2,1-3H3/t10-,11+/m1/s1. The maximum Gasteiger partial charge on any atom is 0.158 e. The molecule has 0 bridgehead atoms. The molecule has 0 spiro atoms. The molecule has 3 nitrogen and oxygen atoms in total. The van der Waals surface area contributed by atoms with Crippen molar-refractivity contribution in [2.75, 3.05) is 13.2 Å². The van der Waals surface area contributed by atoms with E-state index in [1.54, 1.807) is 0 Å². The molecule has 1 aliphatic heterocycles. The van der Waals surface area contributed by atoms with Crippen LogP contribution in [0.5, 0.6) is 0 Å². The van der Waals surface area contributed by atoms with Gasteiger partial charge in [0.2, 0.25) is 0 Å². The van der Waals surface area contributed by atoms with Crippen molar-refractivity contribution in [3.05, 3.63) is 0 Å². The summed E-state index contributed by atoms with van der Waals surface area (Å²) >= 11 is 0. The van der Waals surface area contributed by atoms with Gasteiger partial charge in [-0.15, -0.1) is 0 Å². The second-order valence-corrected chi connectivity index (χ2v) is 4.90. The van der Waals surface area contributed by atoms with Gasteiger partial charge in [0.25, 0.3) is 0 Å². The van der Waals surface area contributed by atoms with Crippen LogP contribution >= 0.6 is 0 Å². The minimum absolute atomic E-state index is 0.00353. The van der Waals surface area contributed by atoms with Gasteiger partial charge >= 0.3 is 0 Å². The molecule has 0 aromatic rings. The molecular formula is C12H24O3. The third-order valence-corrected chi connectivity index (χ3v) is 3.01. The van der Waals surface area contributed by atoms with Crippen LogP contribution in [0.15, 0.2) is 0 Å². The summed E-state index contributed by atoms with van der Waals surface area (Å²) in [5.41, 5.74) is 0. The van der Waals surface area contributed by atoms with E-state index in [4.69, 9.17) is 9.47 Å². The summed E-state index contributed by atoms with van der Waals surface area (Å²) in [6, 6.07) is 0. The Bertz CT molecular complexity index is 164. The smallest absolute Gasteiger partial charge is 0.158 e. The molecule has 1 aliphatic rings. The Morgan fingerprint density at radius 2 is 1.73 bits per heavy atom. The van der Waals surface area contributed by atoms with Crippen LogP contribution in [0.4, 0.5) is 0 Å². The number of hydrogen-bond donors (Lipinski definition) is 1. The topological polar surface area (TPSA) is 38.7 Å². The summed E-state index contributed by atoms with van der Waals surface area (Å²) in [5.74, 6) is 0.915. The second kappa shape index (κ2) is 6.46. The number of rotatable bonds is 6. The highest BCUT2D eigenvalue weighted by atomic mass is 16.7. The minimum Gasteiger partial charge on any atom is -0.393 e. The van der Waals surface area contributed by atoms with Gasteiger partial charge in [-0.3, -0.25) is 0 Å². The molecule has 0 saturated carbocycles. The van der Waals surface area contributed by atoms with Gasteiger partial charge in [0.1, 0.15) is 0 Å². The quantitative estimate of drug-likeness (QED) is 0.739. The molecule has 0 aromatic carbocycles. The van der Waals surface area contributed by atoms with E-state index < -0.39 is 0 Å². The maximum absolute atomic E-state index is 9.67. The van der Waals surface area contributed by atoms with E-state index in [-0.39, 0.29) is 12.4 Å². The lowest BCUT2D eigenvalue weighted by molar-refractivity contribution is -0.0570. The Kier molecular flexibility index (Phi) is 5.58. The number of ether oxygens (including phenoxy) is 2. The van der Waals surface area contributed by atoms with Crippen molar-refractivity contribution in [2.45, 2.75) is 52.4 Å². The van der Waals surface area contributed by atoms with Gasteiger partial charge < -0.3 is 14.6 Å². The number of aliphatic hydroxyl groups excluding tert-OH is 1. The van der Waals surface area contributed by atoms with Gasteiger partial charge in [-0.05, 0) is 24.7 Å². The summed E-state index contributed by atoms with van der Waals surface area (Å²) in [5, 5.41) is 9.67. The number of hydrogen-bond acceptors (Lipinski definition) is 3. The van der Waals surface area contributed by atoms with Gasteiger partial charge in [0.15, 0.2) is 6.29 Å². The van der Waals surface area contributed by atoms with Crippen LogP contribution in [-0.2, 0) is 9.47 Å². The van der Waals surface area contributed by atoms with Gasteiger partial charge in [0.05, 0.1) is 19.3 Å². The second-order valence-electron chi connectivity index (χ2n) is 4.90.